The van der Waals surface area contributed by atoms with E-state index in [-0.39, 0.29) is 17.0 Å². The zero-order valence-corrected chi connectivity index (χ0v) is 13.6. The Labute approximate surface area is 136 Å². The van der Waals surface area contributed by atoms with Gasteiger partial charge < -0.3 is 5.73 Å². The summed E-state index contributed by atoms with van der Waals surface area (Å²) >= 11 is 5.09. The molecule has 0 saturated heterocycles. The van der Waals surface area contributed by atoms with Crippen LogP contribution in [0.2, 0.25) is 0 Å². The topological polar surface area (TPSA) is 89.6 Å². The third kappa shape index (κ3) is 2.03. The van der Waals surface area contributed by atoms with E-state index in [1.54, 1.807) is 11.3 Å². The lowest BCUT2D eigenvalue weighted by Gasteiger charge is -2.05. The standard InChI is InChI=1S/C14H10BrN5OS/c15-13-17-10-11(18-14(16)19-12(10)21)20(13)5-7-6-22-9-4-2-1-3-8(7)9/h1-4,6H,5H2,(H3,16,18,19,21). The second kappa shape index (κ2) is 4.92. The number of rotatable bonds is 2. The number of halogens is 1. The zero-order chi connectivity index (χ0) is 15.3. The number of thiophene rings is 1. The highest BCUT2D eigenvalue weighted by Crippen LogP contribution is 2.28. The Morgan fingerprint density at radius 2 is 2.14 bits per heavy atom. The minimum Gasteiger partial charge on any atom is -0.369 e. The van der Waals surface area contributed by atoms with Crippen molar-refractivity contribution >= 4 is 54.5 Å². The van der Waals surface area contributed by atoms with Crippen molar-refractivity contribution in [1.29, 1.82) is 0 Å². The summed E-state index contributed by atoms with van der Waals surface area (Å²) in [6, 6.07) is 8.21. The van der Waals surface area contributed by atoms with Crippen molar-refractivity contribution in [2.75, 3.05) is 5.73 Å². The Hall–Kier alpha value is -2.19. The number of aromatic nitrogens is 4. The molecule has 0 fully saturated rings. The van der Waals surface area contributed by atoms with Gasteiger partial charge in [0.05, 0.1) is 6.54 Å². The third-order valence-electron chi connectivity index (χ3n) is 3.47. The number of benzene rings is 1. The molecule has 22 heavy (non-hydrogen) atoms. The Bertz CT molecular complexity index is 1060. The van der Waals surface area contributed by atoms with Crippen LogP contribution in [0.3, 0.4) is 0 Å². The number of nitrogens with two attached hydrogens (primary N) is 1. The summed E-state index contributed by atoms with van der Waals surface area (Å²) in [5.41, 5.74) is 7.22. The van der Waals surface area contributed by atoms with Gasteiger partial charge in [0.1, 0.15) is 0 Å². The molecule has 3 aromatic heterocycles. The van der Waals surface area contributed by atoms with Gasteiger partial charge in [0.25, 0.3) is 5.56 Å². The number of aromatic amines is 1. The molecule has 1 aromatic carbocycles. The first kappa shape index (κ1) is 13.5. The van der Waals surface area contributed by atoms with E-state index in [2.05, 4.69) is 48.4 Å². The molecule has 110 valence electrons. The van der Waals surface area contributed by atoms with Crippen molar-refractivity contribution in [1.82, 2.24) is 19.5 Å². The molecule has 0 radical (unpaired) electrons. The van der Waals surface area contributed by atoms with E-state index in [1.807, 2.05) is 16.7 Å². The molecule has 0 atom stereocenters. The lowest BCUT2D eigenvalue weighted by molar-refractivity contribution is 0.798. The van der Waals surface area contributed by atoms with Crippen LogP contribution >= 0.6 is 27.3 Å². The van der Waals surface area contributed by atoms with Crippen LogP contribution in [0, 0.1) is 0 Å². The van der Waals surface area contributed by atoms with E-state index in [0.29, 0.717) is 16.9 Å². The molecule has 6 nitrogen and oxygen atoms in total. The zero-order valence-electron chi connectivity index (χ0n) is 11.2. The van der Waals surface area contributed by atoms with Crippen molar-refractivity contribution in [3.05, 3.63) is 50.3 Å². The largest absolute Gasteiger partial charge is 0.369 e. The van der Waals surface area contributed by atoms with Crippen LogP contribution in [0.1, 0.15) is 5.56 Å². The number of hydrogen-bond donors (Lipinski definition) is 2. The highest BCUT2D eigenvalue weighted by Gasteiger charge is 2.15. The van der Waals surface area contributed by atoms with Crippen LogP contribution in [0.25, 0.3) is 21.3 Å². The average molecular weight is 376 g/mol. The maximum Gasteiger partial charge on any atom is 0.280 e. The molecular weight excluding hydrogens is 366 g/mol. The molecule has 3 N–H and O–H groups in total. The van der Waals surface area contributed by atoms with Gasteiger partial charge in [-0.1, -0.05) is 18.2 Å². The van der Waals surface area contributed by atoms with E-state index in [4.69, 9.17) is 5.73 Å². The van der Waals surface area contributed by atoms with Gasteiger partial charge >= 0.3 is 0 Å². The molecule has 0 aliphatic rings. The predicted octanol–water partition coefficient (Wildman–Crippen LogP) is 2.73. The summed E-state index contributed by atoms with van der Waals surface area (Å²) < 4.78 is 3.62. The number of nitrogens with one attached hydrogen (secondary N) is 1. The molecule has 0 spiro atoms. The normalized spacial score (nSPS) is 11.5. The first-order valence-electron chi connectivity index (χ1n) is 6.50. The quantitative estimate of drug-likeness (QED) is 0.527. The van der Waals surface area contributed by atoms with Gasteiger partial charge in [0.15, 0.2) is 15.9 Å². The molecule has 0 amide bonds. The molecule has 0 aliphatic heterocycles. The molecule has 4 rings (SSSR count). The molecule has 0 bridgehead atoms. The van der Waals surface area contributed by atoms with E-state index in [9.17, 15) is 4.79 Å². The Morgan fingerprint density at radius 3 is 3.00 bits per heavy atom. The molecule has 8 heteroatoms. The fourth-order valence-electron chi connectivity index (χ4n) is 2.47. The minimum atomic E-state index is -0.336. The Balaban J connectivity index is 1.91. The van der Waals surface area contributed by atoms with Crippen molar-refractivity contribution in [3.8, 4) is 0 Å². The van der Waals surface area contributed by atoms with Crippen LogP contribution in [-0.2, 0) is 6.54 Å². The van der Waals surface area contributed by atoms with Crippen molar-refractivity contribution in [2.45, 2.75) is 6.54 Å². The molecule has 0 saturated carbocycles. The molecule has 4 aromatic rings. The highest BCUT2D eigenvalue weighted by atomic mass is 79.9. The number of nitrogen functional groups attached to an aromatic ring is 1. The SMILES string of the molecule is Nc1nc2c(nc(Br)n2Cc2csc3ccccc23)c(=O)[nH]1. The van der Waals surface area contributed by atoms with Gasteiger partial charge in [0.2, 0.25) is 5.95 Å². The highest BCUT2D eigenvalue weighted by molar-refractivity contribution is 9.10. The molecule has 0 unspecified atom stereocenters. The summed E-state index contributed by atoms with van der Waals surface area (Å²) in [5, 5.41) is 3.30. The average Bonchev–Trinajstić information content (AvgIpc) is 3.03. The summed E-state index contributed by atoms with van der Waals surface area (Å²) in [7, 11) is 0. The molecule has 0 aliphatic carbocycles. The van der Waals surface area contributed by atoms with Gasteiger partial charge in [-0.05, 0) is 38.3 Å². The second-order valence-corrected chi connectivity index (χ2v) is 6.47. The molecular formula is C14H10BrN5OS. The number of fused-ring (bicyclic) bond motifs is 2. The number of anilines is 1. The Morgan fingerprint density at radius 1 is 1.32 bits per heavy atom. The summed E-state index contributed by atoms with van der Waals surface area (Å²) in [6.07, 6.45) is 0. The maximum atomic E-state index is 11.9. The van der Waals surface area contributed by atoms with Gasteiger partial charge in [-0.15, -0.1) is 11.3 Å². The monoisotopic (exact) mass is 375 g/mol. The second-order valence-electron chi connectivity index (χ2n) is 4.85. The van der Waals surface area contributed by atoms with E-state index in [0.717, 1.165) is 5.56 Å². The van der Waals surface area contributed by atoms with Crippen molar-refractivity contribution in [2.24, 2.45) is 0 Å². The van der Waals surface area contributed by atoms with Gasteiger partial charge in [-0.2, -0.15) is 4.98 Å². The van der Waals surface area contributed by atoms with Crippen LogP contribution < -0.4 is 11.3 Å². The number of nitrogens with zero attached hydrogens (tertiary/aromatic N) is 3. The fourth-order valence-corrected chi connectivity index (χ4v) is 3.89. The Kier molecular flexibility index (Phi) is 3.02. The predicted molar refractivity (Wildman–Crippen MR) is 91.2 cm³/mol. The first-order valence-corrected chi connectivity index (χ1v) is 8.17. The third-order valence-corrected chi connectivity index (χ3v) is 5.08. The van der Waals surface area contributed by atoms with Gasteiger partial charge in [0, 0.05) is 4.70 Å². The fraction of sp³-hybridized carbons (Fsp3) is 0.0714. The smallest absolute Gasteiger partial charge is 0.280 e. The lowest BCUT2D eigenvalue weighted by Crippen LogP contribution is -2.12. The van der Waals surface area contributed by atoms with Crippen LogP contribution in [0.15, 0.2) is 39.2 Å². The number of hydrogen-bond acceptors (Lipinski definition) is 5. The molecule has 3 heterocycles. The van der Waals surface area contributed by atoms with Crippen LogP contribution in [0.4, 0.5) is 5.95 Å². The number of H-pyrrole nitrogens is 1. The van der Waals surface area contributed by atoms with E-state index < -0.39 is 0 Å². The van der Waals surface area contributed by atoms with Crippen LogP contribution in [0.5, 0.6) is 0 Å². The summed E-state index contributed by atoms with van der Waals surface area (Å²) in [5.74, 6) is 0.0846. The van der Waals surface area contributed by atoms with Gasteiger partial charge in [-0.25, -0.2) is 4.98 Å². The lowest BCUT2D eigenvalue weighted by atomic mass is 10.2. The van der Waals surface area contributed by atoms with Crippen molar-refractivity contribution in [3.63, 3.8) is 0 Å². The maximum absolute atomic E-state index is 11.9. The minimum absolute atomic E-state index is 0.0846. The van der Waals surface area contributed by atoms with E-state index in [1.165, 1.54) is 10.1 Å². The number of imidazole rings is 1. The van der Waals surface area contributed by atoms with E-state index >= 15 is 0 Å². The van der Waals surface area contributed by atoms with Crippen molar-refractivity contribution < 1.29 is 0 Å². The van der Waals surface area contributed by atoms with Crippen LogP contribution in [-0.4, -0.2) is 19.5 Å². The van der Waals surface area contributed by atoms with Gasteiger partial charge in [-0.3, -0.25) is 14.3 Å². The first-order chi connectivity index (χ1) is 10.6. The summed E-state index contributed by atoms with van der Waals surface area (Å²) in [6.45, 7) is 0.566. The summed E-state index contributed by atoms with van der Waals surface area (Å²) in [4.78, 5) is 22.8.